The van der Waals surface area contributed by atoms with E-state index in [1.807, 2.05) is 24.3 Å². The van der Waals surface area contributed by atoms with Gasteiger partial charge in [0.25, 0.3) is 0 Å². The van der Waals surface area contributed by atoms with Gasteiger partial charge >= 0.3 is 0 Å². The molecule has 1 aromatic carbocycles. The van der Waals surface area contributed by atoms with Gasteiger partial charge in [-0.2, -0.15) is 0 Å². The minimum absolute atomic E-state index is 0. The van der Waals surface area contributed by atoms with Crippen LogP contribution >= 0.6 is 12.4 Å². The lowest BCUT2D eigenvalue weighted by molar-refractivity contribution is -0.121. The highest BCUT2D eigenvalue weighted by molar-refractivity contribution is 5.93. The molecule has 0 aliphatic heterocycles. The van der Waals surface area contributed by atoms with E-state index >= 15 is 0 Å². The second-order valence-corrected chi connectivity index (χ2v) is 6.32. The molecule has 2 saturated carbocycles. The molecule has 4 rings (SSSR count). The molecule has 2 aliphatic carbocycles. The molecule has 3 N–H and O–H groups in total. The van der Waals surface area contributed by atoms with Gasteiger partial charge in [0.15, 0.2) is 0 Å². The van der Waals surface area contributed by atoms with E-state index < -0.39 is 0 Å². The molecule has 1 aromatic heterocycles. The monoisotopic (exact) mass is 333 g/mol. The number of carbonyl (C=O) groups is 1. The number of carbonyl (C=O) groups excluding carboxylic acids is 1. The average molecular weight is 334 g/mol. The lowest BCUT2D eigenvalue weighted by Crippen LogP contribution is -2.42. The number of aromatic nitrogens is 3. The fourth-order valence-electron chi connectivity index (χ4n) is 3.99. The molecule has 2 fully saturated rings. The van der Waals surface area contributed by atoms with Crippen molar-refractivity contribution in [1.29, 1.82) is 0 Å². The number of nitrogens with two attached hydrogens (primary N) is 1. The number of anilines is 1. The van der Waals surface area contributed by atoms with E-state index in [9.17, 15) is 4.79 Å². The number of hydrogen-bond acceptors (Lipinski definition) is 4. The third-order valence-corrected chi connectivity index (χ3v) is 5.11. The molecule has 0 spiro atoms. The standard InChI is InChI=1S/C16H19N5O.ClH/c17-15-11-2-1-10(9-11)14(15)16(22)19-12-3-5-13(6-4-12)21-8-7-18-20-21;/h3-8,10-11,14-15H,1-2,9,17H2,(H,19,22);1H. The highest BCUT2D eigenvalue weighted by atomic mass is 35.5. The average Bonchev–Trinajstić information content (AvgIpc) is 3.25. The van der Waals surface area contributed by atoms with Crippen molar-refractivity contribution in [1.82, 2.24) is 15.0 Å². The van der Waals surface area contributed by atoms with Gasteiger partial charge in [-0.3, -0.25) is 4.79 Å². The van der Waals surface area contributed by atoms with Gasteiger partial charge in [0.1, 0.15) is 0 Å². The summed E-state index contributed by atoms with van der Waals surface area (Å²) in [5.74, 6) is 1.03. The van der Waals surface area contributed by atoms with E-state index in [-0.39, 0.29) is 30.3 Å². The van der Waals surface area contributed by atoms with Crippen LogP contribution < -0.4 is 11.1 Å². The lowest BCUT2D eigenvalue weighted by atomic mass is 9.84. The summed E-state index contributed by atoms with van der Waals surface area (Å²) >= 11 is 0. The molecule has 23 heavy (non-hydrogen) atoms. The number of halogens is 1. The highest BCUT2D eigenvalue weighted by Gasteiger charge is 2.49. The zero-order valence-electron chi connectivity index (χ0n) is 12.6. The van der Waals surface area contributed by atoms with Crippen LogP contribution in [-0.4, -0.2) is 26.9 Å². The maximum atomic E-state index is 12.5. The minimum atomic E-state index is -0.0336. The van der Waals surface area contributed by atoms with Crippen LogP contribution in [0, 0.1) is 17.8 Å². The smallest absolute Gasteiger partial charge is 0.229 e. The molecule has 1 amide bonds. The van der Waals surface area contributed by atoms with Crippen molar-refractivity contribution in [3.05, 3.63) is 36.7 Å². The molecule has 122 valence electrons. The normalized spacial score (nSPS) is 28.4. The molecule has 7 heteroatoms. The van der Waals surface area contributed by atoms with Crippen molar-refractivity contribution in [2.75, 3.05) is 5.32 Å². The van der Waals surface area contributed by atoms with Gasteiger partial charge in [-0.1, -0.05) is 5.21 Å². The molecular weight excluding hydrogens is 314 g/mol. The van der Waals surface area contributed by atoms with Crippen LogP contribution in [0.1, 0.15) is 19.3 Å². The Morgan fingerprint density at radius 1 is 1.22 bits per heavy atom. The maximum Gasteiger partial charge on any atom is 0.229 e. The Hall–Kier alpha value is -1.92. The molecule has 1 heterocycles. The first-order chi connectivity index (χ1) is 10.7. The summed E-state index contributed by atoms with van der Waals surface area (Å²) in [5, 5.41) is 10.7. The van der Waals surface area contributed by atoms with Crippen LogP contribution in [0.4, 0.5) is 5.69 Å². The molecular formula is C16H20ClN5O. The van der Waals surface area contributed by atoms with Gasteiger partial charge < -0.3 is 11.1 Å². The van der Waals surface area contributed by atoms with E-state index in [2.05, 4.69) is 15.6 Å². The molecule has 2 aromatic rings. The van der Waals surface area contributed by atoms with Gasteiger partial charge in [-0.15, -0.1) is 17.5 Å². The van der Waals surface area contributed by atoms with Crippen molar-refractivity contribution in [3.63, 3.8) is 0 Å². The Morgan fingerprint density at radius 3 is 2.57 bits per heavy atom. The largest absolute Gasteiger partial charge is 0.327 e. The minimum Gasteiger partial charge on any atom is -0.327 e. The number of amides is 1. The Labute approximate surface area is 140 Å². The zero-order chi connectivity index (χ0) is 15.1. The summed E-state index contributed by atoms with van der Waals surface area (Å²) in [4.78, 5) is 12.5. The van der Waals surface area contributed by atoms with Gasteiger partial charge in [0.2, 0.25) is 5.91 Å². The number of fused-ring (bicyclic) bond motifs is 2. The van der Waals surface area contributed by atoms with Crippen LogP contribution in [0.5, 0.6) is 0 Å². The number of benzene rings is 1. The fraction of sp³-hybridized carbons (Fsp3) is 0.438. The van der Waals surface area contributed by atoms with E-state index in [1.165, 1.54) is 6.42 Å². The second kappa shape index (κ2) is 6.29. The first kappa shape index (κ1) is 16.0. The molecule has 0 saturated heterocycles. The van der Waals surface area contributed by atoms with Crippen LogP contribution in [0.2, 0.25) is 0 Å². The maximum absolute atomic E-state index is 12.5. The summed E-state index contributed by atoms with van der Waals surface area (Å²) in [6, 6.07) is 7.60. The zero-order valence-corrected chi connectivity index (χ0v) is 13.4. The number of hydrogen-bond donors (Lipinski definition) is 2. The number of nitrogens with one attached hydrogen (secondary N) is 1. The van der Waals surface area contributed by atoms with Crippen LogP contribution in [0.15, 0.2) is 36.7 Å². The van der Waals surface area contributed by atoms with E-state index in [1.54, 1.807) is 17.1 Å². The second-order valence-electron chi connectivity index (χ2n) is 6.32. The van der Waals surface area contributed by atoms with Crippen molar-refractivity contribution in [2.45, 2.75) is 25.3 Å². The number of rotatable bonds is 3. The third-order valence-electron chi connectivity index (χ3n) is 5.11. The van der Waals surface area contributed by atoms with Crippen LogP contribution in [-0.2, 0) is 4.79 Å². The molecule has 2 bridgehead atoms. The fourth-order valence-corrected chi connectivity index (χ4v) is 3.99. The Bertz CT molecular complexity index is 670. The summed E-state index contributed by atoms with van der Waals surface area (Å²) in [6.07, 6.45) is 6.85. The third kappa shape index (κ3) is 2.84. The SMILES string of the molecule is Cl.NC1C2CCC(C2)C1C(=O)Nc1ccc(-n2ccnn2)cc1. The van der Waals surface area contributed by atoms with E-state index in [0.717, 1.165) is 24.2 Å². The highest BCUT2D eigenvalue weighted by Crippen LogP contribution is 2.47. The molecule has 6 nitrogen and oxygen atoms in total. The lowest BCUT2D eigenvalue weighted by Gasteiger charge is -2.27. The molecule has 0 radical (unpaired) electrons. The van der Waals surface area contributed by atoms with Gasteiger partial charge in [-0.05, 0) is 55.4 Å². The number of nitrogens with zero attached hydrogens (tertiary/aromatic N) is 3. The first-order valence-corrected chi connectivity index (χ1v) is 7.75. The molecule has 2 aliphatic rings. The van der Waals surface area contributed by atoms with E-state index in [4.69, 9.17) is 5.73 Å². The Kier molecular flexibility index (Phi) is 4.37. The van der Waals surface area contributed by atoms with Crippen LogP contribution in [0.3, 0.4) is 0 Å². The predicted octanol–water partition coefficient (Wildman–Crippen LogP) is 2.00. The van der Waals surface area contributed by atoms with E-state index in [0.29, 0.717) is 11.8 Å². The van der Waals surface area contributed by atoms with Crippen LogP contribution in [0.25, 0.3) is 5.69 Å². The topological polar surface area (TPSA) is 85.8 Å². The Morgan fingerprint density at radius 2 is 1.96 bits per heavy atom. The van der Waals surface area contributed by atoms with Gasteiger partial charge in [0.05, 0.1) is 24.0 Å². The predicted molar refractivity (Wildman–Crippen MR) is 89.5 cm³/mol. The van der Waals surface area contributed by atoms with Crippen molar-refractivity contribution in [3.8, 4) is 5.69 Å². The summed E-state index contributed by atoms with van der Waals surface area (Å²) in [5.41, 5.74) is 7.93. The van der Waals surface area contributed by atoms with Gasteiger partial charge in [0, 0.05) is 11.7 Å². The molecule has 4 atom stereocenters. The first-order valence-electron chi connectivity index (χ1n) is 7.75. The van der Waals surface area contributed by atoms with Gasteiger partial charge in [-0.25, -0.2) is 4.68 Å². The summed E-state index contributed by atoms with van der Waals surface area (Å²) < 4.78 is 1.68. The quantitative estimate of drug-likeness (QED) is 0.899. The van der Waals surface area contributed by atoms with Crippen molar-refractivity contribution < 1.29 is 4.79 Å². The summed E-state index contributed by atoms with van der Waals surface area (Å²) in [6.45, 7) is 0. The molecule has 4 unspecified atom stereocenters. The summed E-state index contributed by atoms with van der Waals surface area (Å²) in [7, 11) is 0. The van der Waals surface area contributed by atoms with Crippen molar-refractivity contribution in [2.24, 2.45) is 23.5 Å². The van der Waals surface area contributed by atoms with Crippen molar-refractivity contribution >= 4 is 24.0 Å². The Balaban J connectivity index is 0.00000156.